The molecule has 0 aromatic heterocycles. The van der Waals surface area contributed by atoms with E-state index in [1.165, 1.54) is 0 Å². The molecule has 24 heavy (non-hydrogen) atoms. The maximum atomic E-state index is 12.3. The van der Waals surface area contributed by atoms with E-state index in [1.54, 1.807) is 24.3 Å². The van der Waals surface area contributed by atoms with Crippen LogP contribution in [0.2, 0.25) is 0 Å². The summed E-state index contributed by atoms with van der Waals surface area (Å²) in [5.74, 6) is 0.748. The minimum Gasteiger partial charge on any atom is -0.488 e. The lowest BCUT2D eigenvalue weighted by atomic mass is 10.2. The fourth-order valence-corrected chi connectivity index (χ4v) is 2.20. The standard InChI is InChI=1S/C19H21N3O2/c1-15(19(23)21-17-8-6-7-16(13-17)14-20)22(2)11-12-24-18-9-4-3-5-10-18/h3-10,13,15H,11-12H2,1-2H3,(H,21,23)/p+1/t15-/m0/s1. The number of rotatable bonds is 7. The number of para-hydroxylation sites is 1. The summed E-state index contributed by atoms with van der Waals surface area (Å²) in [5, 5.41) is 11.8. The van der Waals surface area contributed by atoms with Gasteiger partial charge >= 0.3 is 0 Å². The average molecular weight is 324 g/mol. The van der Waals surface area contributed by atoms with E-state index in [4.69, 9.17) is 10.00 Å². The second kappa shape index (κ2) is 8.70. The van der Waals surface area contributed by atoms with Crippen LogP contribution in [-0.4, -0.2) is 32.1 Å². The number of nitrogens with zero attached hydrogens (tertiary/aromatic N) is 1. The molecule has 0 aliphatic rings. The van der Waals surface area contributed by atoms with Crippen molar-refractivity contribution in [2.75, 3.05) is 25.5 Å². The lowest BCUT2D eigenvalue weighted by molar-refractivity contribution is -0.894. The van der Waals surface area contributed by atoms with Crippen LogP contribution in [-0.2, 0) is 4.79 Å². The Bertz CT molecular complexity index is 710. The number of amides is 1. The van der Waals surface area contributed by atoms with E-state index in [0.717, 1.165) is 10.6 Å². The third kappa shape index (κ3) is 5.11. The molecule has 5 nitrogen and oxygen atoms in total. The van der Waals surface area contributed by atoms with Crippen LogP contribution >= 0.6 is 0 Å². The Morgan fingerprint density at radius 3 is 2.71 bits per heavy atom. The van der Waals surface area contributed by atoms with Gasteiger partial charge in [0.1, 0.15) is 18.9 Å². The van der Waals surface area contributed by atoms with Crippen molar-refractivity contribution < 1.29 is 14.4 Å². The van der Waals surface area contributed by atoms with Gasteiger partial charge in [0, 0.05) is 5.69 Å². The number of benzene rings is 2. The smallest absolute Gasteiger partial charge is 0.282 e. The largest absolute Gasteiger partial charge is 0.488 e. The maximum absolute atomic E-state index is 12.3. The van der Waals surface area contributed by atoms with Crippen LogP contribution in [0.4, 0.5) is 5.69 Å². The fraction of sp³-hybridized carbons (Fsp3) is 0.263. The molecule has 1 unspecified atom stereocenters. The lowest BCUT2D eigenvalue weighted by Crippen LogP contribution is -3.14. The number of likely N-dealkylation sites (N-methyl/N-ethyl adjacent to an activating group) is 1. The zero-order valence-electron chi connectivity index (χ0n) is 14.0. The van der Waals surface area contributed by atoms with Crippen LogP contribution in [0, 0.1) is 11.3 Å². The first-order valence-electron chi connectivity index (χ1n) is 7.91. The van der Waals surface area contributed by atoms with Gasteiger partial charge in [-0.25, -0.2) is 0 Å². The van der Waals surface area contributed by atoms with Gasteiger partial charge in [0.15, 0.2) is 6.04 Å². The van der Waals surface area contributed by atoms with E-state index in [0.29, 0.717) is 24.4 Å². The molecule has 0 spiro atoms. The molecule has 2 rings (SSSR count). The Morgan fingerprint density at radius 2 is 2.00 bits per heavy atom. The molecule has 124 valence electrons. The Labute approximate surface area is 142 Å². The van der Waals surface area contributed by atoms with E-state index >= 15 is 0 Å². The van der Waals surface area contributed by atoms with Gasteiger partial charge in [-0.05, 0) is 37.3 Å². The van der Waals surface area contributed by atoms with Crippen LogP contribution in [0.3, 0.4) is 0 Å². The zero-order valence-corrected chi connectivity index (χ0v) is 14.0. The highest BCUT2D eigenvalue weighted by atomic mass is 16.5. The van der Waals surface area contributed by atoms with Gasteiger partial charge in [-0.2, -0.15) is 5.26 Å². The second-order valence-corrected chi connectivity index (χ2v) is 5.66. The Hall–Kier alpha value is -2.84. The van der Waals surface area contributed by atoms with Gasteiger partial charge in [-0.3, -0.25) is 4.79 Å². The molecule has 5 heteroatoms. The molecule has 0 bridgehead atoms. The number of anilines is 1. The highest BCUT2D eigenvalue weighted by Crippen LogP contribution is 2.10. The molecular weight excluding hydrogens is 302 g/mol. The summed E-state index contributed by atoms with van der Waals surface area (Å²) in [6, 6.07) is 18.4. The summed E-state index contributed by atoms with van der Waals surface area (Å²) in [4.78, 5) is 13.4. The van der Waals surface area contributed by atoms with E-state index in [9.17, 15) is 4.79 Å². The fourth-order valence-electron chi connectivity index (χ4n) is 2.20. The molecule has 0 radical (unpaired) electrons. The molecule has 0 heterocycles. The van der Waals surface area contributed by atoms with Crippen molar-refractivity contribution in [2.45, 2.75) is 13.0 Å². The number of hydrogen-bond acceptors (Lipinski definition) is 3. The van der Waals surface area contributed by atoms with Crippen LogP contribution in [0.5, 0.6) is 5.75 Å². The van der Waals surface area contributed by atoms with Crippen LogP contribution in [0.15, 0.2) is 54.6 Å². The lowest BCUT2D eigenvalue weighted by Gasteiger charge is -2.21. The van der Waals surface area contributed by atoms with Crippen LogP contribution < -0.4 is 15.0 Å². The molecule has 0 saturated heterocycles. The second-order valence-electron chi connectivity index (χ2n) is 5.66. The highest BCUT2D eigenvalue weighted by molar-refractivity contribution is 5.93. The molecular formula is C19H22N3O2+. The van der Waals surface area contributed by atoms with Gasteiger partial charge < -0.3 is 15.0 Å². The van der Waals surface area contributed by atoms with Crippen molar-refractivity contribution in [1.29, 1.82) is 5.26 Å². The van der Waals surface area contributed by atoms with E-state index < -0.39 is 0 Å². The monoisotopic (exact) mass is 324 g/mol. The van der Waals surface area contributed by atoms with Gasteiger partial charge in [0.2, 0.25) is 0 Å². The SMILES string of the molecule is C[C@@H](C(=O)Nc1cccc(C#N)c1)[NH+](C)CCOc1ccccc1. The zero-order chi connectivity index (χ0) is 17.4. The van der Waals surface area contributed by atoms with Gasteiger partial charge in [0.25, 0.3) is 5.91 Å². The van der Waals surface area contributed by atoms with Crippen molar-refractivity contribution in [3.63, 3.8) is 0 Å². The Balaban J connectivity index is 1.82. The van der Waals surface area contributed by atoms with E-state index in [2.05, 4.69) is 11.4 Å². The first kappa shape index (κ1) is 17.5. The number of carbonyl (C=O) groups is 1. The maximum Gasteiger partial charge on any atom is 0.282 e. The minimum absolute atomic E-state index is 0.0812. The van der Waals surface area contributed by atoms with Crippen molar-refractivity contribution in [3.8, 4) is 11.8 Å². The molecule has 2 aromatic rings. The number of quaternary nitrogens is 1. The predicted molar refractivity (Wildman–Crippen MR) is 92.9 cm³/mol. The summed E-state index contributed by atoms with van der Waals surface area (Å²) >= 11 is 0. The third-order valence-corrected chi connectivity index (χ3v) is 3.90. The van der Waals surface area contributed by atoms with Gasteiger partial charge in [0.05, 0.1) is 18.7 Å². The average Bonchev–Trinajstić information content (AvgIpc) is 2.62. The summed E-state index contributed by atoms with van der Waals surface area (Å²) in [6.07, 6.45) is 0. The van der Waals surface area contributed by atoms with Crippen molar-refractivity contribution in [1.82, 2.24) is 0 Å². The van der Waals surface area contributed by atoms with Crippen molar-refractivity contribution in [3.05, 3.63) is 60.2 Å². The number of ether oxygens (including phenoxy) is 1. The summed E-state index contributed by atoms with van der Waals surface area (Å²) in [6.45, 7) is 3.13. The first-order chi connectivity index (χ1) is 11.6. The summed E-state index contributed by atoms with van der Waals surface area (Å²) < 4.78 is 5.67. The minimum atomic E-state index is -0.227. The highest BCUT2D eigenvalue weighted by Gasteiger charge is 2.21. The normalized spacial score (nSPS) is 12.7. The van der Waals surface area contributed by atoms with Gasteiger partial charge in [-0.1, -0.05) is 24.3 Å². The van der Waals surface area contributed by atoms with Crippen LogP contribution in [0.25, 0.3) is 0 Å². The molecule has 0 aliphatic heterocycles. The molecule has 0 aliphatic carbocycles. The third-order valence-electron chi connectivity index (χ3n) is 3.90. The van der Waals surface area contributed by atoms with Crippen molar-refractivity contribution >= 4 is 11.6 Å². The molecule has 2 N–H and O–H groups in total. The summed E-state index contributed by atoms with van der Waals surface area (Å²) in [5.41, 5.74) is 1.16. The first-order valence-corrected chi connectivity index (χ1v) is 7.91. The predicted octanol–water partition coefficient (Wildman–Crippen LogP) is 1.48. The molecule has 1 amide bonds. The number of carbonyl (C=O) groups excluding carboxylic acids is 1. The molecule has 2 atom stereocenters. The topological polar surface area (TPSA) is 66.6 Å². The summed E-state index contributed by atoms with van der Waals surface area (Å²) in [7, 11) is 1.96. The van der Waals surface area contributed by atoms with Gasteiger partial charge in [-0.15, -0.1) is 0 Å². The van der Waals surface area contributed by atoms with Crippen LogP contribution in [0.1, 0.15) is 12.5 Å². The Kier molecular flexibility index (Phi) is 6.35. The molecule has 0 fully saturated rings. The Morgan fingerprint density at radius 1 is 1.25 bits per heavy atom. The van der Waals surface area contributed by atoms with E-state index in [1.807, 2.05) is 44.3 Å². The molecule has 0 saturated carbocycles. The number of nitrogens with one attached hydrogen (secondary N) is 2. The number of nitriles is 1. The molecule has 2 aromatic carbocycles. The van der Waals surface area contributed by atoms with Crippen molar-refractivity contribution in [2.24, 2.45) is 0 Å². The van der Waals surface area contributed by atoms with E-state index in [-0.39, 0.29) is 11.9 Å². The number of hydrogen-bond donors (Lipinski definition) is 2. The quantitative estimate of drug-likeness (QED) is 0.811.